The van der Waals surface area contributed by atoms with E-state index in [1.807, 2.05) is 6.08 Å². The predicted octanol–water partition coefficient (Wildman–Crippen LogP) is 7.63. The highest BCUT2D eigenvalue weighted by Crippen LogP contribution is 2.35. The maximum atomic E-state index is 3.82. The molecule has 0 aromatic heterocycles. The Labute approximate surface area is 149 Å². The summed E-state index contributed by atoms with van der Waals surface area (Å²) in [6, 6.07) is 0. The summed E-state index contributed by atoms with van der Waals surface area (Å²) in [6.07, 6.45) is 27.0. The summed E-state index contributed by atoms with van der Waals surface area (Å²) in [7, 11) is 0. The van der Waals surface area contributed by atoms with Gasteiger partial charge in [-0.25, -0.2) is 0 Å². The van der Waals surface area contributed by atoms with Crippen LogP contribution in [-0.4, -0.2) is 0 Å². The largest absolute Gasteiger partial charge is 0.0991 e. The Balaban J connectivity index is 2.05. The van der Waals surface area contributed by atoms with Gasteiger partial charge in [0.2, 0.25) is 0 Å². The number of rotatable bonds is 9. The molecule has 0 aromatic carbocycles. The van der Waals surface area contributed by atoms with Gasteiger partial charge in [-0.3, -0.25) is 0 Å². The van der Waals surface area contributed by atoms with Gasteiger partial charge in [-0.2, -0.15) is 0 Å². The van der Waals surface area contributed by atoms with Crippen molar-refractivity contribution in [3.05, 3.63) is 71.4 Å². The zero-order valence-electron chi connectivity index (χ0n) is 15.7. The highest BCUT2D eigenvalue weighted by Gasteiger charge is 2.18. The topological polar surface area (TPSA) is 0 Å². The van der Waals surface area contributed by atoms with Crippen molar-refractivity contribution >= 4 is 0 Å². The summed E-state index contributed by atoms with van der Waals surface area (Å²) in [6.45, 7) is 8.32. The van der Waals surface area contributed by atoms with Crippen LogP contribution in [0.5, 0.6) is 0 Å². The van der Waals surface area contributed by atoms with E-state index in [0.717, 1.165) is 0 Å². The minimum atomic E-state index is 0.570. The molecule has 2 rings (SSSR count). The molecule has 0 saturated heterocycles. The Morgan fingerprint density at radius 1 is 1.29 bits per heavy atom. The quantitative estimate of drug-likeness (QED) is 0.302. The van der Waals surface area contributed by atoms with Gasteiger partial charge in [0.25, 0.3) is 0 Å². The van der Waals surface area contributed by atoms with Crippen molar-refractivity contribution in [1.82, 2.24) is 0 Å². The average molecular weight is 323 g/mol. The predicted molar refractivity (Wildman–Crippen MR) is 108 cm³/mol. The van der Waals surface area contributed by atoms with Gasteiger partial charge in [0.15, 0.2) is 0 Å². The summed E-state index contributed by atoms with van der Waals surface area (Å²) in [5, 5.41) is 0. The van der Waals surface area contributed by atoms with Crippen molar-refractivity contribution in [1.29, 1.82) is 0 Å². The molecular formula is C24H34. The first-order chi connectivity index (χ1) is 11.8. The fourth-order valence-corrected chi connectivity index (χ4v) is 3.90. The average Bonchev–Trinajstić information content (AvgIpc) is 2.58. The maximum absolute atomic E-state index is 3.82. The molecule has 0 bridgehead atoms. The second kappa shape index (κ2) is 10.3. The van der Waals surface area contributed by atoms with Crippen molar-refractivity contribution in [3.63, 3.8) is 0 Å². The summed E-state index contributed by atoms with van der Waals surface area (Å²) < 4.78 is 0. The van der Waals surface area contributed by atoms with Crippen LogP contribution in [0.15, 0.2) is 71.4 Å². The Bertz CT molecular complexity index is 557. The van der Waals surface area contributed by atoms with E-state index < -0.39 is 0 Å². The van der Waals surface area contributed by atoms with E-state index in [1.54, 1.807) is 16.7 Å². The summed E-state index contributed by atoms with van der Waals surface area (Å²) in [5.74, 6) is 0.570. The molecular weight excluding hydrogens is 288 g/mol. The Morgan fingerprint density at radius 2 is 2.12 bits per heavy atom. The van der Waals surface area contributed by atoms with Crippen LogP contribution in [0.25, 0.3) is 0 Å². The monoisotopic (exact) mass is 322 g/mol. The molecule has 0 radical (unpaired) electrons. The fraction of sp³-hybridized carbons (Fsp3) is 0.500. The number of allylic oxidation sites excluding steroid dienone is 11. The lowest BCUT2D eigenvalue weighted by Crippen LogP contribution is -2.09. The van der Waals surface area contributed by atoms with Gasteiger partial charge in [-0.1, -0.05) is 72.8 Å². The van der Waals surface area contributed by atoms with Crippen molar-refractivity contribution in [2.75, 3.05) is 0 Å². The normalized spacial score (nSPS) is 19.2. The smallest absolute Gasteiger partial charge is 0.00482 e. The third-order valence-electron chi connectivity index (χ3n) is 5.51. The molecule has 2 aliphatic carbocycles. The minimum absolute atomic E-state index is 0.570. The Morgan fingerprint density at radius 3 is 2.67 bits per heavy atom. The molecule has 0 heterocycles. The van der Waals surface area contributed by atoms with Crippen molar-refractivity contribution in [2.24, 2.45) is 5.92 Å². The van der Waals surface area contributed by atoms with Crippen LogP contribution in [0, 0.1) is 5.92 Å². The highest BCUT2D eigenvalue weighted by molar-refractivity contribution is 5.34. The van der Waals surface area contributed by atoms with Gasteiger partial charge in [-0.15, -0.1) is 0 Å². The van der Waals surface area contributed by atoms with Crippen LogP contribution in [-0.2, 0) is 0 Å². The van der Waals surface area contributed by atoms with Gasteiger partial charge in [0, 0.05) is 5.92 Å². The molecule has 0 aromatic rings. The van der Waals surface area contributed by atoms with E-state index in [2.05, 4.69) is 56.9 Å². The fourth-order valence-electron chi connectivity index (χ4n) is 3.90. The van der Waals surface area contributed by atoms with Gasteiger partial charge in [0.05, 0.1) is 0 Å². The molecule has 0 aliphatic heterocycles. The van der Waals surface area contributed by atoms with E-state index in [4.69, 9.17) is 0 Å². The third kappa shape index (κ3) is 5.23. The standard InChI is InChI=1S/C24H34/c1-4-7-13-21(6-3)24(23-14-9-8-10-15-23)19-12-16-20(5-2)22-17-11-18-22/h4,6-9,13-14,24H,1,5,10-12,15-19H2,2-3H3. The van der Waals surface area contributed by atoms with Crippen LogP contribution in [0.3, 0.4) is 0 Å². The molecule has 2 aliphatic rings. The zero-order chi connectivity index (χ0) is 17.2. The van der Waals surface area contributed by atoms with Gasteiger partial charge in [0.1, 0.15) is 0 Å². The van der Waals surface area contributed by atoms with Crippen LogP contribution >= 0.6 is 0 Å². The van der Waals surface area contributed by atoms with Gasteiger partial charge < -0.3 is 0 Å². The molecule has 0 amide bonds. The van der Waals surface area contributed by atoms with Gasteiger partial charge in [-0.05, 0) is 70.3 Å². The zero-order valence-corrected chi connectivity index (χ0v) is 15.7. The second-order valence-corrected chi connectivity index (χ2v) is 6.95. The van der Waals surface area contributed by atoms with Crippen molar-refractivity contribution in [3.8, 4) is 0 Å². The Kier molecular flexibility index (Phi) is 8.08. The van der Waals surface area contributed by atoms with Crippen LogP contribution in [0.2, 0.25) is 0 Å². The number of hydrogen-bond donors (Lipinski definition) is 0. The minimum Gasteiger partial charge on any atom is -0.0991 e. The van der Waals surface area contributed by atoms with E-state index in [0.29, 0.717) is 5.92 Å². The number of hydrogen-bond acceptors (Lipinski definition) is 0. The molecule has 0 nitrogen and oxygen atoms in total. The first-order valence-corrected chi connectivity index (χ1v) is 9.80. The molecule has 24 heavy (non-hydrogen) atoms. The molecule has 0 heteroatoms. The highest BCUT2D eigenvalue weighted by atomic mass is 14.2. The first kappa shape index (κ1) is 18.8. The summed E-state index contributed by atoms with van der Waals surface area (Å²) >= 11 is 0. The SMILES string of the molecule is C=CC=CC(=CC)C(CCCC(CC)=C1CCC1)C1=CC=CCC1. The van der Waals surface area contributed by atoms with E-state index >= 15 is 0 Å². The van der Waals surface area contributed by atoms with Crippen LogP contribution in [0.4, 0.5) is 0 Å². The van der Waals surface area contributed by atoms with Crippen LogP contribution in [0.1, 0.15) is 71.6 Å². The van der Waals surface area contributed by atoms with Crippen molar-refractivity contribution < 1.29 is 0 Å². The summed E-state index contributed by atoms with van der Waals surface area (Å²) in [4.78, 5) is 0. The molecule has 130 valence electrons. The molecule has 0 spiro atoms. The molecule has 1 fully saturated rings. The maximum Gasteiger partial charge on any atom is 0.00482 e. The van der Waals surface area contributed by atoms with Crippen LogP contribution < -0.4 is 0 Å². The molecule has 0 N–H and O–H groups in total. The first-order valence-electron chi connectivity index (χ1n) is 9.80. The lowest BCUT2D eigenvalue weighted by atomic mass is 9.80. The summed E-state index contributed by atoms with van der Waals surface area (Å²) in [5.41, 5.74) is 6.58. The third-order valence-corrected chi connectivity index (χ3v) is 5.51. The second-order valence-electron chi connectivity index (χ2n) is 6.95. The molecule has 1 unspecified atom stereocenters. The lowest BCUT2D eigenvalue weighted by Gasteiger charge is -2.25. The van der Waals surface area contributed by atoms with E-state index in [1.165, 1.54) is 63.4 Å². The molecule has 1 atom stereocenters. The van der Waals surface area contributed by atoms with E-state index in [9.17, 15) is 0 Å². The van der Waals surface area contributed by atoms with E-state index in [-0.39, 0.29) is 0 Å². The van der Waals surface area contributed by atoms with Crippen molar-refractivity contribution in [2.45, 2.75) is 71.6 Å². The Hall–Kier alpha value is -1.56. The lowest BCUT2D eigenvalue weighted by molar-refractivity contribution is 0.569. The van der Waals surface area contributed by atoms with Gasteiger partial charge >= 0.3 is 0 Å². The molecule has 1 saturated carbocycles.